The lowest BCUT2D eigenvalue weighted by molar-refractivity contribution is 1.39. The van der Waals surface area contributed by atoms with Crippen molar-refractivity contribution in [3.8, 4) is 0 Å². The smallest absolute Gasteiger partial charge is 0.00169 e. The van der Waals surface area contributed by atoms with E-state index in [1.807, 2.05) is 0 Å². The molecule has 2 aromatic heterocycles. The molecule has 2 heterocycles. The Morgan fingerprint density at radius 1 is 0.565 bits per heavy atom. The molecule has 0 N–H and O–H groups in total. The normalized spacial score (nSPS) is 8.96. The van der Waals surface area contributed by atoms with Crippen LogP contribution in [0.15, 0.2) is 47.2 Å². The average molecular weight is 347 g/mol. The molecule has 0 nitrogen and oxygen atoms in total. The number of benzene rings is 1. The van der Waals surface area contributed by atoms with Gasteiger partial charge in [0.1, 0.15) is 0 Å². The summed E-state index contributed by atoms with van der Waals surface area (Å²) in [5.74, 6) is 0. The molecular weight excluding hydrogens is 316 g/mol. The second-order valence-electron chi connectivity index (χ2n) is 5.63. The molecule has 0 radical (unpaired) electrons. The van der Waals surface area contributed by atoms with Gasteiger partial charge in [-0.3, -0.25) is 0 Å². The molecule has 3 aromatic rings. The fourth-order valence-corrected chi connectivity index (χ4v) is 3.34. The van der Waals surface area contributed by atoms with Crippen LogP contribution in [0.2, 0.25) is 0 Å². The molecule has 23 heavy (non-hydrogen) atoms. The van der Waals surface area contributed by atoms with E-state index < -0.39 is 0 Å². The Hall–Kier alpha value is -1.38. The summed E-state index contributed by atoms with van der Waals surface area (Å²) in [6.45, 7) is 12.7. The lowest BCUT2D eigenvalue weighted by Gasteiger charge is -1.90. The molecule has 126 valence electrons. The lowest BCUT2D eigenvalue weighted by atomic mass is 10.2. The molecule has 1 aromatic carbocycles. The summed E-state index contributed by atoms with van der Waals surface area (Å²) >= 11 is 3.61. The monoisotopic (exact) mass is 346 g/mol. The van der Waals surface area contributed by atoms with Gasteiger partial charge < -0.3 is 0 Å². The first-order valence-corrected chi connectivity index (χ1v) is 9.19. The van der Waals surface area contributed by atoms with Gasteiger partial charge in [0, 0.05) is 9.75 Å². The highest BCUT2D eigenvalue weighted by molar-refractivity contribution is 7.10. The van der Waals surface area contributed by atoms with E-state index in [1.165, 1.54) is 32.0 Å². The molecule has 2 heteroatoms. The largest absolute Gasteiger partial charge is 0.149 e. The minimum atomic E-state index is 0. The molecular formula is C21H30S2. The van der Waals surface area contributed by atoms with Gasteiger partial charge in [-0.1, -0.05) is 42.8 Å². The second kappa shape index (κ2) is 11.2. The van der Waals surface area contributed by atoms with Crippen molar-refractivity contribution in [2.75, 3.05) is 0 Å². The van der Waals surface area contributed by atoms with Crippen LogP contribution in [0.25, 0.3) is 0 Å². The Balaban J connectivity index is 0.000000310. The number of rotatable bonds is 0. The number of aryl methyl sites for hydroxylation is 6. The van der Waals surface area contributed by atoms with E-state index in [-0.39, 0.29) is 7.43 Å². The summed E-state index contributed by atoms with van der Waals surface area (Å²) < 4.78 is 0. The molecule has 0 aliphatic rings. The molecule has 0 saturated carbocycles. The number of thiophene rings is 2. The van der Waals surface area contributed by atoms with E-state index in [9.17, 15) is 0 Å². The first-order chi connectivity index (χ1) is 10.4. The molecule has 0 bridgehead atoms. The minimum absolute atomic E-state index is 0. The molecule has 0 spiro atoms. The molecule has 3 rings (SSSR count). The van der Waals surface area contributed by atoms with E-state index in [0.717, 1.165) is 0 Å². The summed E-state index contributed by atoms with van der Waals surface area (Å²) in [5, 5.41) is 4.32. The van der Waals surface area contributed by atoms with Gasteiger partial charge in [0.25, 0.3) is 0 Å². The fourth-order valence-electron chi connectivity index (χ4n) is 1.96. The van der Waals surface area contributed by atoms with Crippen LogP contribution < -0.4 is 0 Å². The quantitative estimate of drug-likeness (QED) is 0.392. The van der Waals surface area contributed by atoms with Crippen LogP contribution in [-0.2, 0) is 0 Å². The van der Waals surface area contributed by atoms with Crippen molar-refractivity contribution in [3.05, 3.63) is 79.2 Å². The molecule has 0 aliphatic heterocycles. The Labute approximate surface area is 150 Å². The van der Waals surface area contributed by atoms with Crippen LogP contribution in [0.4, 0.5) is 0 Å². The van der Waals surface area contributed by atoms with Gasteiger partial charge in [0.05, 0.1) is 0 Å². The van der Waals surface area contributed by atoms with E-state index in [4.69, 9.17) is 0 Å². The van der Waals surface area contributed by atoms with Gasteiger partial charge in [-0.2, -0.15) is 0 Å². The predicted molar refractivity (Wildman–Crippen MR) is 110 cm³/mol. The summed E-state index contributed by atoms with van der Waals surface area (Å²) in [6, 6.07) is 12.8. The van der Waals surface area contributed by atoms with E-state index in [0.29, 0.717) is 0 Å². The maximum absolute atomic E-state index is 2.19. The SMILES string of the molecule is C.Cc1cccc(C)c1.Cc1csc(C)c1.Cc1csc(C)c1. The highest BCUT2D eigenvalue weighted by Gasteiger charge is 1.85. The minimum Gasteiger partial charge on any atom is -0.149 e. The molecule has 0 atom stereocenters. The molecule has 0 saturated heterocycles. The molecule has 0 amide bonds. The Kier molecular flexibility index (Phi) is 10.5. The first kappa shape index (κ1) is 21.6. The first-order valence-electron chi connectivity index (χ1n) is 7.43. The lowest BCUT2D eigenvalue weighted by Crippen LogP contribution is -1.71. The molecule has 0 aliphatic carbocycles. The number of hydrogen-bond acceptors (Lipinski definition) is 2. The van der Waals surface area contributed by atoms with Crippen molar-refractivity contribution < 1.29 is 0 Å². The van der Waals surface area contributed by atoms with Gasteiger partial charge in [-0.05, 0) is 75.6 Å². The Morgan fingerprint density at radius 2 is 0.957 bits per heavy atom. The van der Waals surface area contributed by atoms with Crippen LogP contribution in [0.3, 0.4) is 0 Å². The number of hydrogen-bond donors (Lipinski definition) is 0. The van der Waals surface area contributed by atoms with Gasteiger partial charge in [-0.25, -0.2) is 0 Å². The summed E-state index contributed by atoms with van der Waals surface area (Å²) in [4.78, 5) is 2.80. The summed E-state index contributed by atoms with van der Waals surface area (Å²) in [5.41, 5.74) is 5.43. The van der Waals surface area contributed by atoms with Crippen molar-refractivity contribution >= 4 is 22.7 Å². The van der Waals surface area contributed by atoms with Gasteiger partial charge in [-0.15, -0.1) is 22.7 Å². The zero-order valence-electron chi connectivity index (χ0n) is 14.4. The zero-order chi connectivity index (χ0) is 16.5. The zero-order valence-corrected chi connectivity index (χ0v) is 16.1. The van der Waals surface area contributed by atoms with E-state index in [2.05, 4.69) is 88.7 Å². The standard InChI is InChI=1S/C8H10.2C6H8S.CH4/c1-7-4-3-5-8(2)6-7;2*1-5-3-6(2)7-4-5;/h3-6H,1-2H3;2*3-4H,1-2H3;1H4. The highest BCUT2D eigenvalue weighted by Crippen LogP contribution is 2.11. The van der Waals surface area contributed by atoms with Crippen molar-refractivity contribution in [1.82, 2.24) is 0 Å². The predicted octanol–water partition coefficient (Wildman–Crippen LogP) is 7.67. The van der Waals surface area contributed by atoms with Crippen LogP contribution in [0, 0.1) is 41.5 Å². The van der Waals surface area contributed by atoms with Gasteiger partial charge in [0.2, 0.25) is 0 Å². The van der Waals surface area contributed by atoms with Crippen molar-refractivity contribution in [2.24, 2.45) is 0 Å². The van der Waals surface area contributed by atoms with Gasteiger partial charge >= 0.3 is 0 Å². The molecule has 0 fully saturated rings. The third-order valence-electron chi connectivity index (χ3n) is 2.90. The summed E-state index contributed by atoms with van der Waals surface area (Å²) in [7, 11) is 0. The van der Waals surface area contributed by atoms with E-state index >= 15 is 0 Å². The van der Waals surface area contributed by atoms with Crippen LogP contribution in [0.1, 0.15) is 39.4 Å². The maximum Gasteiger partial charge on any atom is 0.00169 e. The van der Waals surface area contributed by atoms with Crippen LogP contribution >= 0.6 is 22.7 Å². The van der Waals surface area contributed by atoms with Crippen LogP contribution in [0.5, 0.6) is 0 Å². The topological polar surface area (TPSA) is 0 Å². The van der Waals surface area contributed by atoms with Crippen LogP contribution in [-0.4, -0.2) is 0 Å². The van der Waals surface area contributed by atoms with E-state index in [1.54, 1.807) is 22.7 Å². The third kappa shape index (κ3) is 10.1. The molecule has 0 unspecified atom stereocenters. The maximum atomic E-state index is 2.19. The fraction of sp³-hybridized carbons (Fsp3) is 0.333. The van der Waals surface area contributed by atoms with Crippen molar-refractivity contribution in [3.63, 3.8) is 0 Å². The third-order valence-corrected chi connectivity index (χ3v) is 4.86. The second-order valence-corrected chi connectivity index (χ2v) is 7.86. The Morgan fingerprint density at radius 3 is 1.09 bits per heavy atom. The highest BCUT2D eigenvalue weighted by atomic mass is 32.1. The summed E-state index contributed by atoms with van der Waals surface area (Å²) in [6.07, 6.45) is 0. The Bertz CT molecular complexity index is 586. The average Bonchev–Trinajstić information content (AvgIpc) is 2.99. The van der Waals surface area contributed by atoms with Crippen molar-refractivity contribution in [1.29, 1.82) is 0 Å². The van der Waals surface area contributed by atoms with Crippen molar-refractivity contribution in [2.45, 2.75) is 49.0 Å². The van der Waals surface area contributed by atoms with Gasteiger partial charge in [0.15, 0.2) is 0 Å².